The quantitative estimate of drug-likeness (QED) is 0.448. The molecule has 2 bridgehead atoms. The molecular formula is C25H25Cl2N3O3. The summed E-state index contributed by atoms with van der Waals surface area (Å²) in [6.07, 6.45) is 3.04. The Labute approximate surface area is 202 Å². The molecule has 0 unspecified atom stereocenters. The number of carbonyl (C=O) groups excluding carboxylic acids is 1. The van der Waals surface area contributed by atoms with E-state index in [-0.39, 0.29) is 23.4 Å². The second-order valence-corrected chi connectivity index (χ2v) is 10.2. The second-order valence-electron chi connectivity index (χ2n) is 9.37. The molecule has 1 amide bonds. The number of hydrogen-bond donors (Lipinski definition) is 2. The van der Waals surface area contributed by atoms with Crippen LogP contribution in [0.4, 0.5) is 0 Å². The number of hydrogen-bond acceptors (Lipinski definition) is 5. The monoisotopic (exact) mass is 485 g/mol. The average molecular weight is 486 g/mol. The number of aliphatic hydroxyl groups excluding tert-OH is 1. The van der Waals surface area contributed by atoms with Crippen molar-refractivity contribution in [3.8, 4) is 5.75 Å². The lowest BCUT2D eigenvalue weighted by Gasteiger charge is -2.72. The van der Waals surface area contributed by atoms with Crippen molar-refractivity contribution in [1.29, 1.82) is 0 Å². The van der Waals surface area contributed by atoms with E-state index in [9.17, 15) is 9.90 Å². The molecule has 3 saturated carbocycles. The first-order valence-corrected chi connectivity index (χ1v) is 11.6. The van der Waals surface area contributed by atoms with Gasteiger partial charge in [-0.15, -0.1) is 0 Å². The van der Waals surface area contributed by atoms with Crippen molar-refractivity contribution in [2.45, 2.75) is 55.9 Å². The third-order valence-corrected chi connectivity index (χ3v) is 7.46. The smallest absolute Gasteiger partial charge is 0.261 e. The largest absolute Gasteiger partial charge is 0.480 e. The van der Waals surface area contributed by atoms with Crippen LogP contribution < -0.4 is 10.1 Å². The van der Waals surface area contributed by atoms with Crippen molar-refractivity contribution in [2.75, 3.05) is 0 Å². The van der Waals surface area contributed by atoms with Gasteiger partial charge in [0, 0.05) is 40.5 Å². The van der Waals surface area contributed by atoms with Crippen LogP contribution in [-0.2, 0) is 4.79 Å². The highest BCUT2D eigenvalue weighted by Gasteiger charge is 2.71. The number of allylic oxidation sites excluding steroid dienone is 1. The summed E-state index contributed by atoms with van der Waals surface area (Å²) in [5.74, 6) is 0.297. The third-order valence-electron chi connectivity index (χ3n) is 6.97. The molecule has 0 aromatic heterocycles. The van der Waals surface area contributed by atoms with E-state index in [1.807, 2.05) is 42.4 Å². The van der Waals surface area contributed by atoms with E-state index in [1.165, 1.54) is 0 Å². The van der Waals surface area contributed by atoms with Crippen LogP contribution in [0.2, 0.25) is 10.0 Å². The van der Waals surface area contributed by atoms with Gasteiger partial charge in [0.25, 0.3) is 5.91 Å². The van der Waals surface area contributed by atoms with E-state index >= 15 is 0 Å². The zero-order chi connectivity index (χ0) is 23.4. The fourth-order valence-electron chi connectivity index (χ4n) is 5.33. The minimum absolute atomic E-state index is 0.126. The van der Waals surface area contributed by atoms with Gasteiger partial charge in [-0.05, 0) is 67.7 Å². The van der Waals surface area contributed by atoms with Gasteiger partial charge in [-0.25, -0.2) is 0 Å². The summed E-state index contributed by atoms with van der Waals surface area (Å²) in [5.41, 5.74) is 2.37. The van der Waals surface area contributed by atoms with Crippen molar-refractivity contribution in [3.05, 3.63) is 69.8 Å². The summed E-state index contributed by atoms with van der Waals surface area (Å²) in [5, 5.41) is 21.0. The molecule has 2 aromatic carbocycles. The molecule has 8 heteroatoms. The lowest BCUT2D eigenvalue weighted by atomic mass is 9.43. The van der Waals surface area contributed by atoms with Crippen molar-refractivity contribution < 1.29 is 14.6 Å². The highest BCUT2D eigenvalue weighted by Crippen LogP contribution is 2.64. The Balaban J connectivity index is 1.22. The van der Waals surface area contributed by atoms with Crippen molar-refractivity contribution in [3.63, 3.8) is 0 Å². The predicted molar refractivity (Wildman–Crippen MR) is 129 cm³/mol. The first-order chi connectivity index (χ1) is 15.7. The summed E-state index contributed by atoms with van der Waals surface area (Å²) < 4.78 is 5.87. The maximum Gasteiger partial charge on any atom is 0.261 e. The third kappa shape index (κ3) is 3.90. The number of nitrogens with zero attached hydrogens (tertiary/aromatic N) is 2. The fraction of sp³-hybridized carbons (Fsp3) is 0.360. The molecule has 33 heavy (non-hydrogen) atoms. The summed E-state index contributed by atoms with van der Waals surface area (Å²) in [6, 6.07) is 12.7. The van der Waals surface area contributed by atoms with Crippen molar-refractivity contribution in [1.82, 2.24) is 10.3 Å². The topological polar surface area (TPSA) is 74.2 Å². The van der Waals surface area contributed by atoms with Gasteiger partial charge >= 0.3 is 0 Å². The number of carbonyl (C=O) groups is 1. The Morgan fingerprint density at radius 1 is 1.21 bits per heavy atom. The SMILES string of the molecule is C=NN(/C=C(\C)c1ccc(Cl)cc1)C12CC(NC(=O)[C@@H]3C[C@@H](O)c4cc(Cl)ccc4O3)(C1)C2. The van der Waals surface area contributed by atoms with Crippen molar-refractivity contribution in [2.24, 2.45) is 5.10 Å². The van der Waals surface area contributed by atoms with Crippen LogP contribution in [-0.4, -0.2) is 39.9 Å². The zero-order valence-electron chi connectivity index (χ0n) is 18.2. The molecule has 2 atom stereocenters. The number of ether oxygens (including phenoxy) is 1. The molecule has 172 valence electrons. The molecule has 4 aliphatic rings. The number of nitrogens with one attached hydrogen (secondary N) is 1. The van der Waals surface area contributed by atoms with Gasteiger partial charge in [-0.2, -0.15) is 5.10 Å². The van der Waals surface area contributed by atoms with Crippen LogP contribution >= 0.6 is 23.2 Å². The maximum atomic E-state index is 12.9. The van der Waals surface area contributed by atoms with E-state index in [4.69, 9.17) is 27.9 Å². The van der Waals surface area contributed by atoms with E-state index in [0.717, 1.165) is 30.4 Å². The number of halogens is 2. The second kappa shape index (κ2) is 8.05. The van der Waals surface area contributed by atoms with Gasteiger partial charge in [0.05, 0.1) is 11.6 Å². The van der Waals surface area contributed by atoms with Crippen LogP contribution in [0.1, 0.15) is 49.8 Å². The zero-order valence-corrected chi connectivity index (χ0v) is 19.7. The van der Waals surface area contributed by atoms with Crippen molar-refractivity contribution >= 4 is 41.4 Å². The lowest BCUT2D eigenvalue weighted by Crippen LogP contribution is -2.82. The molecule has 0 saturated heterocycles. The van der Waals surface area contributed by atoms with Crippen LogP contribution in [0.15, 0.2) is 53.8 Å². The van der Waals surface area contributed by atoms with Crippen LogP contribution in [0, 0.1) is 0 Å². The molecule has 6 rings (SSSR count). The lowest BCUT2D eigenvalue weighted by molar-refractivity contribution is -0.174. The highest BCUT2D eigenvalue weighted by atomic mass is 35.5. The number of aliphatic hydroxyl groups is 1. The summed E-state index contributed by atoms with van der Waals surface area (Å²) in [4.78, 5) is 12.9. The summed E-state index contributed by atoms with van der Waals surface area (Å²) in [6.45, 7) is 5.78. The highest BCUT2D eigenvalue weighted by molar-refractivity contribution is 6.30. The Morgan fingerprint density at radius 2 is 1.88 bits per heavy atom. The number of fused-ring (bicyclic) bond motifs is 1. The molecule has 6 nitrogen and oxygen atoms in total. The Kier molecular flexibility index (Phi) is 5.43. The van der Waals surface area contributed by atoms with Gasteiger partial charge < -0.3 is 15.2 Å². The Bertz CT molecular complexity index is 1130. The van der Waals surface area contributed by atoms with Crippen LogP contribution in [0.3, 0.4) is 0 Å². The normalized spacial score (nSPS) is 29.6. The van der Waals surface area contributed by atoms with Gasteiger partial charge in [0.2, 0.25) is 0 Å². The summed E-state index contributed by atoms with van der Waals surface area (Å²) >= 11 is 12.0. The van der Waals surface area contributed by atoms with Gasteiger partial charge in [0.1, 0.15) is 5.75 Å². The van der Waals surface area contributed by atoms with E-state index in [0.29, 0.717) is 21.4 Å². The molecule has 1 heterocycles. The van der Waals surface area contributed by atoms with E-state index in [2.05, 4.69) is 17.1 Å². The molecule has 3 aliphatic carbocycles. The van der Waals surface area contributed by atoms with Gasteiger partial charge in [-0.1, -0.05) is 35.3 Å². The van der Waals surface area contributed by atoms with E-state index in [1.54, 1.807) is 18.2 Å². The maximum absolute atomic E-state index is 12.9. The molecule has 2 N–H and O–H groups in total. The standard InChI is InChI=1S/C25H25Cl2N3O3/c1-15(16-3-5-17(26)6-4-16)11-30(28-2)25-12-24(13-25,14-25)29-23(32)22-10-20(31)19-9-18(27)7-8-21(19)33-22/h3-9,11,20,22,31H,2,10,12-14H2,1H3,(H,29,32)/b15-11+/t20-,22+,24?,25?/m1/s1. The minimum atomic E-state index is -0.788. The van der Waals surface area contributed by atoms with Gasteiger partial charge in [-0.3, -0.25) is 9.80 Å². The fourth-order valence-corrected chi connectivity index (χ4v) is 5.64. The molecule has 1 aliphatic heterocycles. The molecular weight excluding hydrogens is 461 g/mol. The first kappa shape index (κ1) is 22.3. The molecule has 3 fully saturated rings. The number of amides is 1. The number of rotatable bonds is 6. The Morgan fingerprint density at radius 3 is 2.55 bits per heavy atom. The molecule has 2 aromatic rings. The average Bonchev–Trinajstić information content (AvgIpc) is 2.74. The van der Waals surface area contributed by atoms with Crippen LogP contribution in [0.25, 0.3) is 5.57 Å². The number of benzene rings is 2. The minimum Gasteiger partial charge on any atom is -0.480 e. The summed E-state index contributed by atoms with van der Waals surface area (Å²) in [7, 11) is 0. The first-order valence-electron chi connectivity index (χ1n) is 10.9. The Hall–Kier alpha value is -2.54. The number of hydrazone groups is 1. The van der Waals surface area contributed by atoms with E-state index < -0.39 is 12.2 Å². The van der Waals surface area contributed by atoms with Crippen LogP contribution in [0.5, 0.6) is 5.75 Å². The molecule has 0 spiro atoms. The molecule has 0 radical (unpaired) electrons. The predicted octanol–water partition coefficient (Wildman–Crippen LogP) is 4.95. The van der Waals surface area contributed by atoms with Gasteiger partial charge in [0.15, 0.2) is 6.10 Å².